The maximum Gasteiger partial charge on any atom is 0.263 e. The monoisotopic (exact) mass is 571 g/mol. The summed E-state index contributed by atoms with van der Waals surface area (Å²) in [5, 5.41) is 4.65. The molecule has 0 radical (unpaired) electrons. The molecule has 0 atom stereocenters. The Bertz CT molecular complexity index is 1330. The fourth-order valence-corrected chi connectivity index (χ4v) is 5.94. The average Bonchev–Trinajstić information content (AvgIpc) is 2.90. The molecule has 9 nitrogen and oxygen atoms in total. The number of anilines is 4. The summed E-state index contributed by atoms with van der Waals surface area (Å²) in [6.07, 6.45) is 1.53. The second-order valence-electron chi connectivity index (χ2n) is 9.27. The number of carbonyl (C=O) groups excluding carboxylic acids is 2. The number of carbonyl (C=O) groups is 2. The number of nitrogens with zero attached hydrogens (tertiary/aromatic N) is 6. The predicted molar refractivity (Wildman–Crippen MR) is 153 cm³/mol. The summed E-state index contributed by atoms with van der Waals surface area (Å²) < 4.78 is 0. The molecule has 0 bridgehead atoms. The summed E-state index contributed by atoms with van der Waals surface area (Å²) in [4.78, 5) is 42.0. The maximum absolute atomic E-state index is 13.2. The number of aromatic nitrogens is 2. The van der Waals surface area contributed by atoms with Crippen LogP contribution >= 0.6 is 35.0 Å². The largest absolute Gasteiger partial charge is 0.368 e. The van der Waals surface area contributed by atoms with Crippen LogP contribution in [0.2, 0.25) is 10.0 Å². The SMILES string of the molecule is CN(C)CC(=O)N1CCN(c2ccc(Nc3ncc4c(n3)SCN(c3c(Cl)cccc3Cl)C4=O)cc2)CC1. The molecule has 2 amide bonds. The number of hydrogen-bond donors (Lipinski definition) is 1. The van der Waals surface area contributed by atoms with E-state index < -0.39 is 0 Å². The van der Waals surface area contributed by atoms with Crippen LogP contribution in [-0.4, -0.2) is 84.3 Å². The van der Waals surface area contributed by atoms with Gasteiger partial charge >= 0.3 is 0 Å². The minimum Gasteiger partial charge on any atom is -0.368 e. The molecule has 3 aromatic rings. The molecule has 1 aromatic heterocycles. The minimum atomic E-state index is -0.242. The highest BCUT2D eigenvalue weighted by Crippen LogP contribution is 2.39. The topological polar surface area (TPSA) is 84.9 Å². The van der Waals surface area contributed by atoms with Crippen molar-refractivity contribution in [1.82, 2.24) is 19.8 Å². The molecule has 1 fully saturated rings. The highest BCUT2D eigenvalue weighted by molar-refractivity contribution is 7.99. The van der Waals surface area contributed by atoms with Gasteiger partial charge in [0.25, 0.3) is 5.91 Å². The second kappa shape index (κ2) is 11.4. The number of rotatable bonds is 6. The quantitative estimate of drug-likeness (QED) is 0.434. The molecule has 1 N–H and O–H groups in total. The van der Waals surface area contributed by atoms with Crippen LogP contribution in [0.3, 0.4) is 0 Å². The molecule has 0 saturated carbocycles. The first-order valence-electron chi connectivity index (χ1n) is 12.1. The third-order valence-corrected chi connectivity index (χ3v) is 7.92. The number of fused-ring (bicyclic) bond motifs is 1. The molecule has 0 spiro atoms. The summed E-state index contributed by atoms with van der Waals surface area (Å²) in [6.45, 7) is 3.45. The molecule has 2 aliphatic heterocycles. The molecule has 5 rings (SSSR count). The summed E-state index contributed by atoms with van der Waals surface area (Å²) in [5.74, 6) is 0.677. The number of benzene rings is 2. The Morgan fingerprint density at radius 2 is 1.74 bits per heavy atom. The van der Waals surface area contributed by atoms with E-state index in [-0.39, 0.29) is 11.8 Å². The van der Waals surface area contributed by atoms with Crippen molar-refractivity contribution in [3.8, 4) is 0 Å². The molecule has 3 heterocycles. The Balaban J connectivity index is 1.22. The van der Waals surface area contributed by atoms with Gasteiger partial charge in [-0.2, -0.15) is 0 Å². The Labute approximate surface area is 235 Å². The van der Waals surface area contributed by atoms with Crippen molar-refractivity contribution < 1.29 is 9.59 Å². The van der Waals surface area contributed by atoms with E-state index in [1.165, 1.54) is 18.0 Å². The van der Waals surface area contributed by atoms with Gasteiger partial charge in [-0.15, -0.1) is 0 Å². The fourth-order valence-electron chi connectivity index (χ4n) is 4.40. The van der Waals surface area contributed by atoms with Gasteiger partial charge in [-0.3, -0.25) is 14.5 Å². The molecule has 2 aliphatic rings. The van der Waals surface area contributed by atoms with E-state index in [1.807, 2.05) is 48.2 Å². The van der Waals surface area contributed by atoms with Crippen LogP contribution in [0.25, 0.3) is 0 Å². The molecular formula is C26H27Cl2N7O2S. The highest BCUT2D eigenvalue weighted by Gasteiger charge is 2.30. The first-order chi connectivity index (χ1) is 18.3. The minimum absolute atomic E-state index is 0.166. The van der Waals surface area contributed by atoms with E-state index >= 15 is 0 Å². The van der Waals surface area contributed by atoms with Gasteiger partial charge in [-0.25, -0.2) is 9.97 Å². The van der Waals surface area contributed by atoms with Crippen molar-refractivity contribution in [3.63, 3.8) is 0 Å². The lowest BCUT2D eigenvalue weighted by Crippen LogP contribution is -2.50. The fraction of sp³-hybridized carbons (Fsp3) is 0.308. The van der Waals surface area contributed by atoms with Crippen molar-refractivity contribution in [3.05, 3.63) is 64.3 Å². The Hall–Kier alpha value is -3.05. The number of hydrogen-bond acceptors (Lipinski definition) is 8. The second-order valence-corrected chi connectivity index (χ2v) is 11.0. The van der Waals surface area contributed by atoms with Crippen LogP contribution in [-0.2, 0) is 4.79 Å². The summed E-state index contributed by atoms with van der Waals surface area (Å²) in [7, 11) is 3.81. The van der Waals surface area contributed by atoms with Crippen LogP contribution in [0.15, 0.2) is 53.7 Å². The molecule has 1 saturated heterocycles. The van der Waals surface area contributed by atoms with Crippen molar-refractivity contribution in [2.24, 2.45) is 0 Å². The van der Waals surface area contributed by atoms with Gasteiger partial charge < -0.3 is 20.0 Å². The standard InChI is InChI=1S/C26H27Cl2N7O2S/c1-32(2)15-22(36)34-12-10-33(11-13-34)18-8-6-17(7-9-18)30-26-29-14-19-24(31-26)38-16-35(25(19)37)23-20(27)4-3-5-21(23)28/h3-9,14H,10-13,15-16H2,1-2H3,(H,29,30,31). The number of halogens is 2. The van der Waals surface area contributed by atoms with E-state index in [1.54, 1.807) is 23.1 Å². The zero-order valence-corrected chi connectivity index (χ0v) is 23.4. The smallest absolute Gasteiger partial charge is 0.263 e. The molecule has 0 unspecified atom stereocenters. The van der Waals surface area contributed by atoms with Crippen LogP contribution < -0.4 is 15.1 Å². The lowest BCUT2D eigenvalue weighted by atomic mass is 10.2. The van der Waals surface area contributed by atoms with Gasteiger partial charge in [0.15, 0.2) is 0 Å². The van der Waals surface area contributed by atoms with E-state index in [0.717, 1.165) is 24.5 Å². The Morgan fingerprint density at radius 1 is 1.05 bits per heavy atom. The number of amides is 2. The van der Waals surface area contributed by atoms with Gasteiger partial charge in [0.1, 0.15) is 5.03 Å². The summed E-state index contributed by atoms with van der Waals surface area (Å²) in [5.41, 5.74) is 2.83. The van der Waals surface area contributed by atoms with Crippen LogP contribution in [0, 0.1) is 0 Å². The van der Waals surface area contributed by atoms with Crippen LogP contribution in [0.1, 0.15) is 10.4 Å². The van der Waals surface area contributed by atoms with Crippen molar-refractivity contribution in [2.45, 2.75) is 5.03 Å². The number of nitrogens with one attached hydrogen (secondary N) is 1. The Morgan fingerprint density at radius 3 is 2.39 bits per heavy atom. The summed E-state index contributed by atoms with van der Waals surface area (Å²) in [6, 6.07) is 13.2. The number of thioether (sulfide) groups is 1. The zero-order valence-electron chi connectivity index (χ0n) is 21.0. The molecule has 0 aliphatic carbocycles. The first-order valence-corrected chi connectivity index (χ1v) is 13.8. The van der Waals surface area contributed by atoms with Gasteiger partial charge in [-0.1, -0.05) is 41.0 Å². The normalized spacial score (nSPS) is 15.6. The van der Waals surface area contributed by atoms with Crippen molar-refractivity contribution >= 4 is 69.8 Å². The highest BCUT2D eigenvalue weighted by atomic mass is 35.5. The molecular weight excluding hydrogens is 545 g/mol. The number of para-hydroxylation sites is 1. The van der Waals surface area contributed by atoms with Crippen LogP contribution in [0.5, 0.6) is 0 Å². The van der Waals surface area contributed by atoms with Gasteiger partial charge in [-0.05, 0) is 50.5 Å². The van der Waals surface area contributed by atoms with Crippen molar-refractivity contribution in [2.75, 3.05) is 67.8 Å². The van der Waals surface area contributed by atoms with Gasteiger partial charge in [0, 0.05) is 43.8 Å². The Kier molecular flexibility index (Phi) is 7.94. The van der Waals surface area contributed by atoms with Crippen molar-refractivity contribution in [1.29, 1.82) is 0 Å². The number of piperazine rings is 1. The molecule has 198 valence electrons. The molecule has 38 heavy (non-hydrogen) atoms. The average molecular weight is 573 g/mol. The molecule has 2 aromatic carbocycles. The van der Waals surface area contributed by atoms with Crippen LogP contribution in [0.4, 0.5) is 23.0 Å². The summed E-state index contributed by atoms with van der Waals surface area (Å²) >= 11 is 14.1. The van der Waals surface area contributed by atoms with E-state index in [4.69, 9.17) is 23.2 Å². The lowest BCUT2D eigenvalue weighted by molar-refractivity contribution is -0.132. The van der Waals surface area contributed by atoms with Gasteiger partial charge in [0.05, 0.1) is 33.7 Å². The zero-order chi connectivity index (χ0) is 26.8. The first kappa shape index (κ1) is 26.6. The van der Waals surface area contributed by atoms with Gasteiger partial charge in [0.2, 0.25) is 11.9 Å². The van der Waals surface area contributed by atoms with E-state index in [2.05, 4.69) is 20.2 Å². The van der Waals surface area contributed by atoms with E-state index in [0.29, 0.717) is 57.8 Å². The third-order valence-electron chi connectivity index (χ3n) is 6.34. The maximum atomic E-state index is 13.2. The molecule has 12 heteroatoms. The van der Waals surface area contributed by atoms with E-state index in [9.17, 15) is 9.59 Å². The predicted octanol–water partition coefficient (Wildman–Crippen LogP) is 4.45. The lowest BCUT2D eigenvalue weighted by Gasteiger charge is -2.36. The third kappa shape index (κ3) is 5.68. The number of likely N-dealkylation sites (N-methyl/N-ethyl adjacent to an activating group) is 1.